The summed E-state index contributed by atoms with van der Waals surface area (Å²) in [6, 6.07) is 6.74. The Kier molecular flexibility index (Phi) is 7.69. The van der Waals surface area contributed by atoms with Crippen LogP contribution in [0.15, 0.2) is 80.0 Å². The van der Waals surface area contributed by atoms with Crippen molar-refractivity contribution < 1.29 is 28.5 Å². The zero-order chi connectivity index (χ0) is 27.2. The van der Waals surface area contributed by atoms with E-state index in [1.165, 1.54) is 12.4 Å². The summed E-state index contributed by atoms with van der Waals surface area (Å²) in [6.07, 6.45) is 6.17. The van der Waals surface area contributed by atoms with Crippen molar-refractivity contribution in [3.8, 4) is 0 Å². The molecule has 38 heavy (non-hydrogen) atoms. The number of fused-ring (bicyclic) bond motifs is 9. The Morgan fingerprint density at radius 3 is 0.921 bits per heavy atom. The van der Waals surface area contributed by atoms with E-state index in [1.807, 2.05) is 0 Å². The summed E-state index contributed by atoms with van der Waals surface area (Å²) in [5.41, 5.74) is 2.65. The third kappa shape index (κ3) is 5.63. The van der Waals surface area contributed by atoms with Gasteiger partial charge in [-0.25, -0.2) is 0 Å². The molecule has 2 aromatic rings. The summed E-state index contributed by atoms with van der Waals surface area (Å²) >= 11 is 0. The Balaban J connectivity index is 1.99. The van der Waals surface area contributed by atoms with E-state index in [0.29, 0.717) is 45.2 Å². The van der Waals surface area contributed by atoms with E-state index in [-0.39, 0.29) is 0 Å². The van der Waals surface area contributed by atoms with E-state index < -0.39 is 13.5 Å². The molecule has 2 bridgehead atoms. The average molecular weight is 520 g/mol. The lowest BCUT2D eigenvalue weighted by molar-refractivity contribution is 0.0768. The van der Waals surface area contributed by atoms with Crippen molar-refractivity contribution in [2.75, 3.05) is 0 Å². The van der Waals surface area contributed by atoms with Gasteiger partial charge in [0.15, 0.2) is 0 Å². The fraction of sp³-hybridized carbons (Fsp3) is 0.273. The molecule has 14 nitrogen and oxygen atoms in total. The lowest BCUT2D eigenvalue weighted by Crippen LogP contribution is -2.55. The number of hydrogen-bond donors (Lipinski definition) is 0. The minimum Gasteiger partial charge on any atom is -0.536 e. The molecule has 5 rings (SSSR count). The molecule has 0 atom stereocenters. The topological polar surface area (TPSA) is 155 Å². The second kappa shape index (κ2) is 11.1. The van der Waals surface area contributed by atoms with Gasteiger partial charge in [0.1, 0.15) is 0 Å². The average Bonchev–Trinajstić information content (AvgIpc) is 2.95. The van der Waals surface area contributed by atoms with Gasteiger partial charge in [-0.2, -0.15) is 0 Å². The van der Waals surface area contributed by atoms with Crippen LogP contribution >= 0.6 is 0 Å². The van der Waals surface area contributed by atoms with E-state index in [4.69, 9.17) is 28.5 Å². The molecule has 0 aromatic carbocycles. The van der Waals surface area contributed by atoms with Gasteiger partial charge in [-0.3, -0.25) is 9.97 Å². The van der Waals surface area contributed by atoms with E-state index in [0.717, 1.165) is 0 Å². The predicted octanol–water partition coefficient (Wildman–Crippen LogP) is 1.85. The number of oxime groups is 6. The molecule has 0 amide bonds. The van der Waals surface area contributed by atoms with Crippen LogP contribution in [0.4, 0.5) is 0 Å². The highest BCUT2D eigenvalue weighted by atomic mass is 16.9. The molecule has 0 N–H and O–H groups in total. The van der Waals surface area contributed by atoms with Crippen molar-refractivity contribution >= 4 is 58.7 Å². The molecule has 16 heteroatoms. The Bertz CT molecular complexity index is 1140. The molecule has 0 saturated carbocycles. The molecular weight excluding hydrogens is 494 g/mol. The van der Waals surface area contributed by atoms with Crippen molar-refractivity contribution in [3.63, 3.8) is 0 Å². The van der Waals surface area contributed by atoms with E-state index in [2.05, 4.69) is 40.9 Å². The highest BCUT2D eigenvalue weighted by Gasteiger charge is 2.43. The molecule has 0 unspecified atom stereocenters. The lowest BCUT2D eigenvalue weighted by Gasteiger charge is -2.36. The molecule has 3 aliphatic rings. The zero-order valence-electron chi connectivity index (χ0n) is 21.8. The largest absolute Gasteiger partial charge is 0.642 e. The summed E-state index contributed by atoms with van der Waals surface area (Å²) in [6.45, 7) is 4.01. The number of aromatic nitrogens is 2. The highest BCUT2D eigenvalue weighted by Crippen LogP contribution is 2.17. The molecule has 0 spiro atoms. The van der Waals surface area contributed by atoms with Crippen molar-refractivity contribution in [1.29, 1.82) is 0 Å². The molecule has 5 heterocycles. The Labute approximate surface area is 219 Å². The number of pyridine rings is 2. The zero-order valence-corrected chi connectivity index (χ0v) is 21.8. The van der Waals surface area contributed by atoms with Gasteiger partial charge in [-0.05, 0) is 53.7 Å². The summed E-state index contributed by atoms with van der Waals surface area (Å²) in [5.74, 6) is 0. The maximum absolute atomic E-state index is 5.88. The van der Waals surface area contributed by atoms with Gasteiger partial charge in [-0.1, -0.05) is 23.1 Å². The van der Waals surface area contributed by atoms with Crippen LogP contribution in [-0.2, 0) is 28.5 Å². The Morgan fingerprint density at radius 2 is 0.711 bits per heavy atom. The summed E-state index contributed by atoms with van der Waals surface area (Å²) in [4.78, 5) is 8.29. The highest BCUT2D eigenvalue weighted by molar-refractivity contribution is 6.76. The minimum absolute atomic E-state index is 0.318. The van der Waals surface area contributed by atoms with Crippen LogP contribution in [0.1, 0.15) is 41.5 Å². The third-order valence-electron chi connectivity index (χ3n) is 5.73. The second-order valence-electron chi connectivity index (χ2n) is 8.55. The van der Waals surface area contributed by atoms with Crippen LogP contribution < -0.4 is 10.9 Å². The maximum atomic E-state index is 5.88. The van der Waals surface area contributed by atoms with Gasteiger partial charge in [0.2, 0.25) is 0 Å². The van der Waals surface area contributed by atoms with Crippen LogP contribution in [0.5, 0.6) is 0 Å². The van der Waals surface area contributed by atoms with Crippen LogP contribution in [0, 0.1) is 0 Å². The van der Waals surface area contributed by atoms with Gasteiger partial charge in [-0.15, -0.1) is 30.9 Å². The fourth-order valence-electron chi connectivity index (χ4n) is 2.94. The van der Waals surface area contributed by atoms with Crippen LogP contribution in [0.25, 0.3) is 0 Å². The van der Waals surface area contributed by atoms with Crippen LogP contribution in [-0.4, -0.2) is 57.7 Å². The monoisotopic (exact) mass is 520 g/mol. The van der Waals surface area contributed by atoms with Crippen LogP contribution in [0.2, 0.25) is 0 Å². The fourth-order valence-corrected chi connectivity index (χ4v) is 2.94. The molecule has 3 aliphatic heterocycles. The predicted molar refractivity (Wildman–Crippen MR) is 144 cm³/mol. The smallest absolute Gasteiger partial charge is 0.536 e. The molecule has 198 valence electrons. The third-order valence-corrected chi connectivity index (χ3v) is 5.73. The van der Waals surface area contributed by atoms with Crippen molar-refractivity contribution in [2.24, 2.45) is 30.9 Å². The molecule has 0 radical (unpaired) electrons. The summed E-state index contributed by atoms with van der Waals surface area (Å²) in [7, 11) is 0. The van der Waals surface area contributed by atoms with Gasteiger partial charge < -0.3 is 28.5 Å². The first-order chi connectivity index (χ1) is 18.2. The van der Waals surface area contributed by atoms with Gasteiger partial charge >= 0.3 is 13.5 Å². The Hall–Kier alpha value is -4.75. The second-order valence-corrected chi connectivity index (χ2v) is 8.55. The van der Waals surface area contributed by atoms with E-state index in [1.54, 1.807) is 78.2 Å². The minimum atomic E-state index is -2.95. The normalized spacial score (nSPS) is 31.2. The first-order valence-electron chi connectivity index (χ1n) is 11.7. The molecule has 2 aromatic heterocycles. The van der Waals surface area contributed by atoms with E-state index in [9.17, 15) is 0 Å². The van der Waals surface area contributed by atoms with Crippen molar-refractivity contribution in [3.05, 3.63) is 49.1 Å². The number of nitrogens with zero attached hydrogens (tertiary/aromatic N) is 8. The number of rotatable bonds is 2. The summed E-state index contributed by atoms with van der Waals surface area (Å²) in [5, 5.41) is 25.2. The number of hydrogen-bond acceptors (Lipinski definition) is 14. The van der Waals surface area contributed by atoms with E-state index >= 15 is 0 Å². The lowest BCUT2D eigenvalue weighted by atomic mass is 9.71. The van der Waals surface area contributed by atoms with Gasteiger partial charge in [0.05, 0.1) is 34.3 Å². The first-order valence-corrected chi connectivity index (χ1v) is 11.7. The van der Waals surface area contributed by atoms with Gasteiger partial charge in [0, 0.05) is 24.8 Å². The Morgan fingerprint density at radius 1 is 0.447 bits per heavy atom. The summed E-state index contributed by atoms with van der Waals surface area (Å²) < 4.78 is 35.3. The molecule has 0 aliphatic carbocycles. The quantitative estimate of drug-likeness (QED) is 0.544. The van der Waals surface area contributed by atoms with Crippen molar-refractivity contribution in [1.82, 2.24) is 9.97 Å². The maximum Gasteiger partial charge on any atom is 0.642 e. The van der Waals surface area contributed by atoms with Crippen molar-refractivity contribution in [2.45, 2.75) is 41.5 Å². The first kappa shape index (κ1) is 26.3. The molecule has 0 fully saturated rings. The SMILES string of the molecule is CC1=NO[B-]2(c3cccnc3)O/N=C(C)/C(C)=N/O[B-](c3cccnc3)(O/N=C/1C)O/N=C(C)/C(C)=N/O2. The van der Waals surface area contributed by atoms with Crippen LogP contribution in [0.3, 0.4) is 0 Å². The molecular formula is C22H26B2N8O6-2. The molecule has 0 saturated heterocycles. The van der Waals surface area contributed by atoms with Gasteiger partial charge in [0.25, 0.3) is 0 Å². The standard InChI is InChI=1S/C22H26B2N8O6/c1-15-16(2)28-34-24(22-10-8-12-26-14-22)37-31-19(5)17(3)29-35-23(33-27-15,21-9-7-11-25-13-21)36-30-18(4)20(6)32-38-24/h7-14H,1-6H3/q-2/b27-15+,28-16+,29-17+,30-18+,31-19+,32-20?.